The third-order valence-electron chi connectivity index (χ3n) is 3.69. The number of aryl methyl sites for hydroxylation is 1. The number of benzene rings is 1. The van der Waals surface area contributed by atoms with E-state index in [0.29, 0.717) is 11.3 Å². The number of rotatable bonds is 7. The summed E-state index contributed by atoms with van der Waals surface area (Å²) < 4.78 is 10.1. The molecule has 0 saturated heterocycles. The predicted molar refractivity (Wildman–Crippen MR) is 93.8 cm³/mol. The molecule has 2 N–H and O–H groups in total. The lowest BCUT2D eigenvalue weighted by atomic mass is 9.92. The van der Waals surface area contributed by atoms with Gasteiger partial charge in [-0.3, -0.25) is 4.98 Å². The molecule has 7 nitrogen and oxygen atoms in total. The molecule has 0 amide bonds. The number of esters is 1. The van der Waals surface area contributed by atoms with Gasteiger partial charge in [-0.05, 0) is 13.0 Å². The zero-order valence-corrected chi connectivity index (χ0v) is 15.1. The second-order valence-electron chi connectivity index (χ2n) is 5.37. The summed E-state index contributed by atoms with van der Waals surface area (Å²) in [5.74, 6) is -2.22. The molecular weight excluding hydrogens is 360 g/mol. The van der Waals surface area contributed by atoms with Gasteiger partial charge in [-0.1, -0.05) is 29.8 Å². The van der Waals surface area contributed by atoms with Crippen molar-refractivity contribution in [3.63, 3.8) is 0 Å². The maximum absolute atomic E-state index is 12.3. The van der Waals surface area contributed by atoms with Crippen molar-refractivity contribution in [2.75, 3.05) is 20.3 Å². The normalized spacial score (nSPS) is 10.6. The summed E-state index contributed by atoms with van der Waals surface area (Å²) in [6.07, 6.45) is 0. The van der Waals surface area contributed by atoms with E-state index >= 15 is 0 Å². The molecule has 0 atom stereocenters. The summed E-state index contributed by atoms with van der Waals surface area (Å²) in [6, 6.07) is 6.58. The van der Waals surface area contributed by atoms with Crippen LogP contribution in [0.5, 0.6) is 0 Å². The van der Waals surface area contributed by atoms with Gasteiger partial charge in [0.25, 0.3) is 0 Å². The fourth-order valence-electron chi connectivity index (χ4n) is 2.63. The minimum Gasteiger partial charge on any atom is -0.545 e. The fourth-order valence-corrected chi connectivity index (χ4v) is 2.86. The topological polar surface area (TPSA) is 115 Å². The number of ether oxygens (including phenoxy) is 2. The monoisotopic (exact) mass is 377 g/mol. The zero-order chi connectivity index (χ0) is 19.3. The fraction of sp³-hybridized carbons (Fsp3) is 0.278. The highest BCUT2D eigenvalue weighted by atomic mass is 35.5. The molecule has 1 aromatic heterocycles. The van der Waals surface area contributed by atoms with E-state index in [4.69, 9.17) is 26.8 Å². The van der Waals surface area contributed by atoms with Gasteiger partial charge < -0.3 is 25.1 Å². The van der Waals surface area contributed by atoms with Gasteiger partial charge in [0, 0.05) is 28.3 Å². The molecule has 1 aromatic carbocycles. The Morgan fingerprint density at radius 2 is 1.96 bits per heavy atom. The standard InChI is InChI=1S/C18H19ClN2O5/c1-10-14(18(24)25-2)15(11-5-3-4-6-12(11)19)16(17(22)23)13(21-10)9-26-8-7-20/h3-6H,7-9,20H2,1-2H3,(H,22,23)/p-1. The van der Waals surface area contributed by atoms with E-state index in [1.807, 2.05) is 0 Å². The Kier molecular flexibility index (Phi) is 6.68. The highest BCUT2D eigenvalue weighted by Gasteiger charge is 2.26. The van der Waals surface area contributed by atoms with E-state index in [1.165, 1.54) is 7.11 Å². The Labute approximate surface area is 155 Å². The van der Waals surface area contributed by atoms with Crippen LogP contribution in [0.1, 0.15) is 32.1 Å². The lowest BCUT2D eigenvalue weighted by Gasteiger charge is -2.20. The first-order chi connectivity index (χ1) is 12.4. The Morgan fingerprint density at radius 1 is 1.27 bits per heavy atom. The van der Waals surface area contributed by atoms with Crippen molar-refractivity contribution in [3.8, 4) is 11.1 Å². The van der Waals surface area contributed by atoms with Crippen molar-refractivity contribution < 1.29 is 24.2 Å². The van der Waals surface area contributed by atoms with E-state index in [1.54, 1.807) is 31.2 Å². The molecule has 0 saturated carbocycles. The van der Waals surface area contributed by atoms with Gasteiger partial charge in [0.1, 0.15) is 0 Å². The molecule has 138 valence electrons. The molecule has 0 radical (unpaired) electrons. The van der Waals surface area contributed by atoms with Gasteiger partial charge in [-0.25, -0.2) is 4.79 Å². The van der Waals surface area contributed by atoms with Crippen molar-refractivity contribution >= 4 is 23.5 Å². The number of hydrogen-bond donors (Lipinski definition) is 1. The highest BCUT2D eigenvalue weighted by molar-refractivity contribution is 6.33. The Morgan fingerprint density at radius 3 is 2.54 bits per heavy atom. The predicted octanol–water partition coefficient (Wildman–Crippen LogP) is 1.34. The summed E-state index contributed by atoms with van der Waals surface area (Å²) in [5, 5.41) is 12.2. The molecular formula is C18H18ClN2O5-. The van der Waals surface area contributed by atoms with Gasteiger partial charge in [0.15, 0.2) is 0 Å². The molecule has 0 aliphatic heterocycles. The molecule has 1 heterocycles. The molecule has 0 aliphatic rings. The molecule has 2 rings (SSSR count). The maximum atomic E-state index is 12.3. The van der Waals surface area contributed by atoms with Crippen molar-refractivity contribution in [3.05, 3.63) is 51.8 Å². The summed E-state index contributed by atoms with van der Waals surface area (Å²) in [5.41, 5.74) is 6.02. The quantitative estimate of drug-likeness (QED) is 0.571. The van der Waals surface area contributed by atoms with E-state index < -0.39 is 11.9 Å². The van der Waals surface area contributed by atoms with Crippen LogP contribution in [0, 0.1) is 6.92 Å². The number of nitrogens with two attached hydrogens (primary N) is 1. The molecule has 2 aromatic rings. The summed E-state index contributed by atoms with van der Waals surface area (Å²) >= 11 is 6.25. The van der Waals surface area contributed by atoms with Crippen molar-refractivity contribution in [2.24, 2.45) is 5.73 Å². The van der Waals surface area contributed by atoms with Crippen LogP contribution in [0.4, 0.5) is 0 Å². The van der Waals surface area contributed by atoms with Crippen LogP contribution in [0.25, 0.3) is 11.1 Å². The molecule has 8 heteroatoms. The number of aromatic nitrogens is 1. The maximum Gasteiger partial charge on any atom is 0.340 e. The van der Waals surface area contributed by atoms with E-state index in [0.717, 1.165) is 0 Å². The second-order valence-corrected chi connectivity index (χ2v) is 5.78. The first-order valence-corrected chi connectivity index (χ1v) is 8.16. The van der Waals surface area contributed by atoms with Crippen LogP contribution in [0.2, 0.25) is 5.02 Å². The summed E-state index contributed by atoms with van der Waals surface area (Å²) in [7, 11) is 1.20. The summed E-state index contributed by atoms with van der Waals surface area (Å²) in [4.78, 5) is 28.4. The van der Waals surface area contributed by atoms with Crippen LogP contribution in [-0.4, -0.2) is 37.2 Å². The SMILES string of the molecule is COC(=O)c1c(C)nc(COCCN)c(C(=O)[O-])c1-c1ccccc1Cl. The number of carboxylic acids is 1. The number of nitrogens with zero attached hydrogens (tertiary/aromatic N) is 1. The molecule has 26 heavy (non-hydrogen) atoms. The number of pyridine rings is 1. The van der Waals surface area contributed by atoms with Gasteiger partial charge in [-0.15, -0.1) is 0 Å². The smallest absolute Gasteiger partial charge is 0.340 e. The number of aromatic carboxylic acids is 1. The van der Waals surface area contributed by atoms with Crippen molar-refractivity contribution in [1.82, 2.24) is 4.98 Å². The minimum absolute atomic E-state index is 0.0161. The number of methoxy groups -OCH3 is 1. The Hall–Kier alpha value is -2.48. The van der Waals surface area contributed by atoms with Crippen LogP contribution in [0.15, 0.2) is 24.3 Å². The molecule has 0 aliphatic carbocycles. The van der Waals surface area contributed by atoms with Gasteiger partial charge in [0.05, 0.1) is 43.2 Å². The van der Waals surface area contributed by atoms with E-state index in [9.17, 15) is 14.7 Å². The van der Waals surface area contributed by atoms with Crippen LogP contribution in [0.3, 0.4) is 0 Å². The molecule has 0 bridgehead atoms. The van der Waals surface area contributed by atoms with Crippen molar-refractivity contribution in [1.29, 1.82) is 0 Å². The second kappa shape index (κ2) is 8.75. The van der Waals surface area contributed by atoms with Gasteiger partial charge >= 0.3 is 5.97 Å². The lowest BCUT2D eigenvalue weighted by Crippen LogP contribution is -2.28. The molecule has 0 fully saturated rings. The van der Waals surface area contributed by atoms with Crippen LogP contribution < -0.4 is 10.8 Å². The largest absolute Gasteiger partial charge is 0.545 e. The average molecular weight is 378 g/mol. The van der Waals surface area contributed by atoms with Gasteiger partial charge in [0.2, 0.25) is 0 Å². The number of hydrogen-bond acceptors (Lipinski definition) is 7. The third kappa shape index (κ3) is 4.01. The first kappa shape index (κ1) is 19.8. The Bertz CT molecular complexity index is 839. The lowest BCUT2D eigenvalue weighted by molar-refractivity contribution is -0.255. The number of carbonyl (C=O) groups is 2. The molecule has 0 spiro atoms. The number of carboxylic acid groups (broad SMARTS) is 1. The third-order valence-corrected chi connectivity index (χ3v) is 4.02. The van der Waals surface area contributed by atoms with Crippen LogP contribution in [-0.2, 0) is 16.1 Å². The first-order valence-electron chi connectivity index (χ1n) is 7.78. The minimum atomic E-state index is -1.50. The highest BCUT2D eigenvalue weighted by Crippen LogP contribution is 2.36. The number of halogens is 1. The number of carbonyl (C=O) groups excluding carboxylic acids is 2. The zero-order valence-electron chi connectivity index (χ0n) is 14.4. The van der Waals surface area contributed by atoms with E-state index in [-0.39, 0.29) is 47.2 Å². The average Bonchev–Trinajstić information content (AvgIpc) is 2.61. The van der Waals surface area contributed by atoms with Gasteiger partial charge in [-0.2, -0.15) is 0 Å². The Balaban J connectivity index is 2.84. The van der Waals surface area contributed by atoms with Crippen molar-refractivity contribution in [2.45, 2.75) is 13.5 Å². The van der Waals surface area contributed by atoms with Crippen LogP contribution >= 0.6 is 11.6 Å². The summed E-state index contributed by atoms with van der Waals surface area (Å²) in [6.45, 7) is 1.99. The van der Waals surface area contributed by atoms with E-state index in [2.05, 4.69) is 4.98 Å². The molecule has 0 unspecified atom stereocenters.